The highest BCUT2D eigenvalue weighted by molar-refractivity contribution is 7.12. The first kappa shape index (κ1) is 14.5. The van der Waals surface area contributed by atoms with Crippen LogP contribution in [0.3, 0.4) is 0 Å². The molecule has 2 heterocycles. The van der Waals surface area contributed by atoms with Crippen LogP contribution < -0.4 is 11.3 Å². The molecule has 1 aliphatic heterocycles. The van der Waals surface area contributed by atoms with E-state index in [9.17, 15) is 4.79 Å². The first-order valence-corrected chi connectivity index (χ1v) is 7.95. The lowest BCUT2D eigenvalue weighted by atomic mass is 9.97. The summed E-state index contributed by atoms with van der Waals surface area (Å²) >= 11 is 1.47. The van der Waals surface area contributed by atoms with E-state index in [1.807, 2.05) is 11.4 Å². The van der Waals surface area contributed by atoms with Gasteiger partial charge in [0, 0.05) is 12.6 Å². The van der Waals surface area contributed by atoms with Gasteiger partial charge in [-0.15, -0.1) is 11.3 Å². The number of amides is 1. The van der Waals surface area contributed by atoms with Gasteiger partial charge >= 0.3 is 0 Å². The molecule has 1 atom stereocenters. The van der Waals surface area contributed by atoms with Gasteiger partial charge in [0.25, 0.3) is 5.91 Å². The SMILES string of the molecule is CCCC1CCCCN1Cc1ccsc1C(=O)NN. The summed E-state index contributed by atoms with van der Waals surface area (Å²) in [5.74, 6) is 5.06. The fraction of sp³-hybridized carbons (Fsp3) is 0.643. The molecule has 1 aliphatic rings. The van der Waals surface area contributed by atoms with Crippen LogP contribution >= 0.6 is 11.3 Å². The summed E-state index contributed by atoms with van der Waals surface area (Å²) in [6.45, 7) is 4.26. The summed E-state index contributed by atoms with van der Waals surface area (Å²) in [6, 6.07) is 2.72. The number of carbonyl (C=O) groups is 1. The number of thiophene rings is 1. The molecule has 3 N–H and O–H groups in total. The number of hydrogen-bond donors (Lipinski definition) is 2. The van der Waals surface area contributed by atoms with E-state index in [0.717, 1.165) is 23.5 Å². The second-order valence-electron chi connectivity index (χ2n) is 5.16. The molecule has 0 bridgehead atoms. The fourth-order valence-corrected chi connectivity index (χ4v) is 3.69. The van der Waals surface area contributed by atoms with E-state index in [0.29, 0.717) is 6.04 Å². The van der Waals surface area contributed by atoms with Gasteiger partial charge in [0.15, 0.2) is 0 Å². The van der Waals surface area contributed by atoms with E-state index >= 15 is 0 Å². The van der Waals surface area contributed by atoms with Crippen molar-refractivity contribution in [2.45, 2.75) is 51.6 Å². The Balaban J connectivity index is 2.06. The van der Waals surface area contributed by atoms with Gasteiger partial charge in [-0.25, -0.2) is 5.84 Å². The second kappa shape index (κ2) is 7.03. The van der Waals surface area contributed by atoms with Crippen LogP contribution in [0, 0.1) is 0 Å². The van der Waals surface area contributed by atoms with Gasteiger partial charge in [-0.1, -0.05) is 19.8 Å². The largest absolute Gasteiger partial charge is 0.296 e. The van der Waals surface area contributed by atoms with E-state index in [2.05, 4.69) is 17.2 Å². The van der Waals surface area contributed by atoms with Crippen molar-refractivity contribution in [1.29, 1.82) is 0 Å². The third-order valence-electron chi connectivity index (χ3n) is 3.83. The zero-order valence-electron chi connectivity index (χ0n) is 11.5. The van der Waals surface area contributed by atoms with Crippen LogP contribution in [0.15, 0.2) is 11.4 Å². The highest BCUT2D eigenvalue weighted by Gasteiger charge is 2.23. The predicted octanol–water partition coefficient (Wildman–Crippen LogP) is 2.51. The van der Waals surface area contributed by atoms with Gasteiger partial charge in [0.05, 0.1) is 4.88 Å². The number of rotatable bonds is 5. The number of piperidine rings is 1. The highest BCUT2D eigenvalue weighted by Crippen LogP contribution is 2.25. The molecule has 1 saturated heterocycles. The molecule has 0 saturated carbocycles. The molecule has 0 aliphatic carbocycles. The normalized spacial score (nSPS) is 20.4. The van der Waals surface area contributed by atoms with Gasteiger partial charge in [0.2, 0.25) is 0 Å². The van der Waals surface area contributed by atoms with E-state index in [-0.39, 0.29) is 5.91 Å². The Hall–Kier alpha value is -0.910. The van der Waals surface area contributed by atoms with E-state index in [1.54, 1.807) is 0 Å². The Labute approximate surface area is 118 Å². The van der Waals surface area contributed by atoms with Gasteiger partial charge in [-0.2, -0.15) is 0 Å². The molecule has 2 rings (SSSR count). The Bertz CT molecular complexity index is 417. The molecule has 0 aromatic carbocycles. The Morgan fingerprint density at radius 2 is 2.42 bits per heavy atom. The number of nitrogen functional groups attached to an aromatic ring is 1. The Morgan fingerprint density at radius 3 is 3.16 bits per heavy atom. The average molecular weight is 281 g/mol. The van der Waals surface area contributed by atoms with Crippen molar-refractivity contribution in [2.75, 3.05) is 6.54 Å². The standard InChI is InChI=1S/C14H23N3OS/c1-2-5-12-6-3-4-8-17(12)10-11-7-9-19-13(11)14(18)16-15/h7,9,12H,2-6,8,10,15H2,1H3,(H,16,18). The molecule has 1 amide bonds. The van der Waals surface area contributed by atoms with Gasteiger partial charge < -0.3 is 0 Å². The van der Waals surface area contributed by atoms with Crippen LogP contribution in [-0.4, -0.2) is 23.4 Å². The van der Waals surface area contributed by atoms with Crippen LogP contribution in [0.5, 0.6) is 0 Å². The van der Waals surface area contributed by atoms with Crippen molar-refractivity contribution in [3.05, 3.63) is 21.9 Å². The molecule has 1 unspecified atom stereocenters. The number of hydrogen-bond acceptors (Lipinski definition) is 4. The second-order valence-corrected chi connectivity index (χ2v) is 6.07. The lowest BCUT2D eigenvalue weighted by Gasteiger charge is -2.35. The highest BCUT2D eigenvalue weighted by atomic mass is 32.1. The van der Waals surface area contributed by atoms with Crippen molar-refractivity contribution in [2.24, 2.45) is 5.84 Å². The van der Waals surface area contributed by atoms with E-state index in [4.69, 9.17) is 5.84 Å². The van der Waals surface area contributed by atoms with Crippen molar-refractivity contribution in [3.63, 3.8) is 0 Å². The molecule has 0 spiro atoms. The lowest BCUT2D eigenvalue weighted by Crippen LogP contribution is -2.39. The monoisotopic (exact) mass is 281 g/mol. The Morgan fingerprint density at radius 1 is 1.58 bits per heavy atom. The predicted molar refractivity (Wildman–Crippen MR) is 78.9 cm³/mol. The summed E-state index contributed by atoms with van der Waals surface area (Å²) < 4.78 is 0. The fourth-order valence-electron chi connectivity index (χ4n) is 2.87. The minimum atomic E-state index is -0.172. The molecule has 1 aromatic heterocycles. The molecular weight excluding hydrogens is 258 g/mol. The van der Waals surface area contributed by atoms with Crippen LogP contribution in [0.25, 0.3) is 0 Å². The zero-order chi connectivity index (χ0) is 13.7. The maximum Gasteiger partial charge on any atom is 0.275 e. The minimum absolute atomic E-state index is 0.172. The quantitative estimate of drug-likeness (QED) is 0.495. The van der Waals surface area contributed by atoms with Crippen LogP contribution in [0.4, 0.5) is 0 Å². The molecular formula is C14H23N3OS. The van der Waals surface area contributed by atoms with E-state index in [1.165, 1.54) is 43.4 Å². The minimum Gasteiger partial charge on any atom is -0.296 e. The maximum atomic E-state index is 11.7. The molecule has 4 nitrogen and oxygen atoms in total. The summed E-state index contributed by atoms with van der Waals surface area (Å²) in [7, 11) is 0. The molecule has 1 aromatic rings. The van der Waals surface area contributed by atoms with Crippen LogP contribution in [0.1, 0.15) is 54.3 Å². The van der Waals surface area contributed by atoms with Gasteiger partial charge in [-0.05, 0) is 42.8 Å². The van der Waals surface area contributed by atoms with Gasteiger partial charge in [0.1, 0.15) is 0 Å². The van der Waals surface area contributed by atoms with Crippen LogP contribution in [-0.2, 0) is 6.54 Å². The molecule has 5 heteroatoms. The summed E-state index contributed by atoms with van der Waals surface area (Å²) in [4.78, 5) is 15.0. The number of nitrogens with zero attached hydrogens (tertiary/aromatic N) is 1. The smallest absolute Gasteiger partial charge is 0.275 e. The molecule has 19 heavy (non-hydrogen) atoms. The number of nitrogens with two attached hydrogens (primary N) is 1. The third kappa shape index (κ3) is 3.55. The zero-order valence-corrected chi connectivity index (χ0v) is 12.3. The van der Waals surface area contributed by atoms with Crippen LogP contribution in [0.2, 0.25) is 0 Å². The molecule has 1 fully saturated rings. The van der Waals surface area contributed by atoms with Crippen molar-refractivity contribution in [3.8, 4) is 0 Å². The van der Waals surface area contributed by atoms with Crippen molar-refractivity contribution < 1.29 is 4.79 Å². The average Bonchev–Trinajstić information content (AvgIpc) is 2.88. The lowest BCUT2D eigenvalue weighted by molar-refractivity contribution is 0.0952. The van der Waals surface area contributed by atoms with Crippen molar-refractivity contribution >= 4 is 17.2 Å². The third-order valence-corrected chi connectivity index (χ3v) is 4.78. The first-order chi connectivity index (χ1) is 9.26. The molecule has 0 radical (unpaired) electrons. The van der Waals surface area contributed by atoms with E-state index < -0.39 is 0 Å². The first-order valence-electron chi connectivity index (χ1n) is 7.07. The number of likely N-dealkylation sites (tertiary alicyclic amines) is 1. The summed E-state index contributed by atoms with van der Waals surface area (Å²) in [6.07, 6.45) is 6.36. The molecule has 106 valence electrons. The van der Waals surface area contributed by atoms with Crippen molar-refractivity contribution in [1.82, 2.24) is 10.3 Å². The Kier molecular flexibility index (Phi) is 5.36. The number of hydrazine groups is 1. The number of carbonyl (C=O) groups excluding carboxylic acids is 1. The topological polar surface area (TPSA) is 58.4 Å². The summed E-state index contributed by atoms with van der Waals surface area (Å²) in [5, 5.41) is 1.97. The van der Waals surface area contributed by atoms with Gasteiger partial charge in [-0.3, -0.25) is 15.1 Å². The summed E-state index contributed by atoms with van der Waals surface area (Å²) in [5.41, 5.74) is 3.34. The number of nitrogens with one attached hydrogen (secondary N) is 1. The maximum absolute atomic E-state index is 11.7.